The zero-order valence-electron chi connectivity index (χ0n) is 13.1. The summed E-state index contributed by atoms with van der Waals surface area (Å²) >= 11 is 0. The predicted octanol–water partition coefficient (Wildman–Crippen LogP) is 3.97. The van der Waals surface area contributed by atoms with E-state index in [2.05, 4.69) is 23.7 Å². The van der Waals surface area contributed by atoms with Crippen LogP contribution in [0.1, 0.15) is 32.4 Å². The molecule has 0 fully saturated rings. The number of benzene rings is 1. The summed E-state index contributed by atoms with van der Waals surface area (Å²) in [6, 6.07) is 7.77. The molecule has 21 heavy (non-hydrogen) atoms. The summed E-state index contributed by atoms with van der Waals surface area (Å²) in [5.41, 5.74) is 1.92. The molecule has 0 N–H and O–H groups in total. The minimum atomic E-state index is 0.649. The number of hydrogen-bond acceptors (Lipinski definition) is 4. The number of hydrogen-bond donors (Lipinski definition) is 0. The van der Waals surface area contributed by atoms with Crippen molar-refractivity contribution in [2.45, 2.75) is 33.2 Å². The first-order valence-electron chi connectivity index (χ1n) is 7.58. The van der Waals surface area contributed by atoms with Crippen LogP contribution in [-0.4, -0.2) is 30.1 Å². The maximum absolute atomic E-state index is 5.61. The molecule has 2 aromatic rings. The molecule has 0 amide bonds. The van der Waals surface area contributed by atoms with Gasteiger partial charge >= 0.3 is 0 Å². The fourth-order valence-electron chi connectivity index (χ4n) is 2.23. The average molecular weight is 288 g/mol. The third-order valence-electron chi connectivity index (χ3n) is 3.53. The lowest BCUT2D eigenvalue weighted by Gasteiger charge is -2.18. The Balaban J connectivity index is 2.06. The Morgan fingerprint density at radius 1 is 1.29 bits per heavy atom. The second kappa shape index (κ2) is 7.84. The van der Waals surface area contributed by atoms with Gasteiger partial charge in [0.2, 0.25) is 5.89 Å². The largest absolute Gasteiger partial charge is 0.497 e. The van der Waals surface area contributed by atoms with Gasteiger partial charge in [-0.3, -0.25) is 4.90 Å². The van der Waals surface area contributed by atoms with Crippen molar-refractivity contribution in [3.05, 3.63) is 36.2 Å². The molecule has 0 aliphatic heterocycles. The highest BCUT2D eigenvalue weighted by Crippen LogP contribution is 2.23. The maximum atomic E-state index is 5.61. The van der Waals surface area contributed by atoms with E-state index in [1.165, 1.54) is 12.8 Å². The predicted molar refractivity (Wildman–Crippen MR) is 84.4 cm³/mol. The number of methoxy groups -OCH3 is 1. The first-order chi connectivity index (χ1) is 10.3. The Hall–Kier alpha value is -1.81. The van der Waals surface area contributed by atoms with Crippen LogP contribution in [0.25, 0.3) is 11.5 Å². The van der Waals surface area contributed by atoms with Gasteiger partial charge in [0.1, 0.15) is 12.0 Å². The first-order valence-corrected chi connectivity index (χ1v) is 7.58. The molecule has 0 saturated heterocycles. The number of aromatic nitrogens is 1. The van der Waals surface area contributed by atoms with E-state index in [1.807, 2.05) is 24.3 Å². The van der Waals surface area contributed by atoms with Crippen LogP contribution in [0, 0.1) is 0 Å². The highest BCUT2D eigenvalue weighted by atomic mass is 16.5. The summed E-state index contributed by atoms with van der Waals surface area (Å²) in [7, 11) is 1.66. The molecule has 114 valence electrons. The molecule has 0 aliphatic rings. The second-order valence-corrected chi connectivity index (χ2v) is 5.10. The smallest absolute Gasteiger partial charge is 0.226 e. The monoisotopic (exact) mass is 288 g/mol. The average Bonchev–Trinajstić information content (AvgIpc) is 3.00. The lowest BCUT2D eigenvalue weighted by atomic mass is 10.2. The van der Waals surface area contributed by atoms with Gasteiger partial charge in [0.05, 0.1) is 12.8 Å². The van der Waals surface area contributed by atoms with Crippen molar-refractivity contribution in [1.82, 2.24) is 9.88 Å². The molecule has 4 nitrogen and oxygen atoms in total. The molecule has 1 heterocycles. The number of unbranched alkanes of at least 4 members (excludes halogenated alkanes) is 1. The molecule has 0 aliphatic carbocycles. The Bertz CT molecular complexity index is 551. The van der Waals surface area contributed by atoms with E-state index < -0.39 is 0 Å². The second-order valence-electron chi connectivity index (χ2n) is 5.10. The van der Waals surface area contributed by atoms with Crippen molar-refractivity contribution < 1.29 is 9.15 Å². The molecule has 0 saturated carbocycles. The van der Waals surface area contributed by atoms with E-state index in [1.54, 1.807) is 13.4 Å². The normalized spacial score (nSPS) is 11.0. The topological polar surface area (TPSA) is 38.5 Å². The summed E-state index contributed by atoms with van der Waals surface area (Å²) in [5, 5.41) is 0. The Labute approximate surface area is 126 Å². The van der Waals surface area contributed by atoms with Gasteiger partial charge in [0, 0.05) is 12.1 Å². The zero-order chi connectivity index (χ0) is 15.1. The van der Waals surface area contributed by atoms with Gasteiger partial charge in [0.25, 0.3) is 0 Å². The van der Waals surface area contributed by atoms with Gasteiger partial charge in [0.15, 0.2) is 0 Å². The maximum Gasteiger partial charge on any atom is 0.226 e. The van der Waals surface area contributed by atoms with E-state index in [0.717, 1.165) is 36.6 Å². The van der Waals surface area contributed by atoms with Gasteiger partial charge in [-0.25, -0.2) is 4.98 Å². The van der Waals surface area contributed by atoms with Crippen LogP contribution in [0.4, 0.5) is 0 Å². The molecule has 1 aromatic carbocycles. The Morgan fingerprint density at radius 2 is 2.14 bits per heavy atom. The van der Waals surface area contributed by atoms with Crippen LogP contribution in [0.2, 0.25) is 0 Å². The fourth-order valence-corrected chi connectivity index (χ4v) is 2.23. The van der Waals surface area contributed by atoms with Crippen molar-refractivity contribution in [1.29, 1.82) is 0 Å². The molecular weight excluding hydrogens is 264 g/mol. The van der Waals surface area contributed by atoms with Gasteiger partial charge in [-0.15, -0.1) is 0 Å². The van der Waals surface area contributed by atoms with Crippen LogP contribution in [0.5, 0.6) is 5.75 Å². The van der Waals surface area contributed by atoms with Crippen LogP contribution in [0.3, 0.4) is 0 Å². The number of oxazole rings is 1. The molecule has 1 aromatic heterocycles. The molecule has 4 heteroatoms. The van der Waals surface area contributed by atoms with Crippen LogP contribution in [0.15, 0.2) is 34.9 Å². The van der Waals surface area contributed by atoms with Crippen molar-refractivity contribution >= 4 is 0 Å². The van der Waals surface area contributed by atoms with Gasteiger partial charge in [-0.2, -0.15) is 0 Å². The van der Waals surface area contributed by atoms with E-state index in [4.69, 9.17) is 9.15 Å². The Kier molecular flexibility index (Phi) is 5.81. The molecule has 0 bridgehead atoms. The summed E-state index contributed by atoms with van der Waals surface area (Å²) in [4.78, 5) is 6.97. The van der Waals surface area contributed by atoms with Gasteiger partial charge in [-0.1, -0.05) is 26.3 Å². The molecule has 2 rings (SSSR count). The third kappa shape index (κ3) is 4.33. The van der Waals surface area contributed by atoms with Crippen molar-refractivity contribution in [3.8, 4) is 17.2 Å². The lowest BCUT2D eigenvalue weighted by molar-refractivity contribution is 0.272. The summed E-state index contributed by atoms with van der Waals surface area (Å²) in [6.45, 7) is 7.36. The molecule has 0 atom stereocenters. The van der Waals surface area contributed by atoms with Crippen molar-refractivity contribution in [2.75, 3.05) is 20.2 Å². The zero-order valence-corrected chi connectivity index (χ0v) is 13.1. The molecule has 0 spiro atoms. The van der Waals surface area contributed by atoms with Crippen LogP contribution < -0.4 is 4.74 Å². The minimum absolute atomic E-state index is 0.649. The van der Waals surface area contributed by atoms with Gasteiger partial charge < -0.3 is 9.15 Å². The number of nitrogens with zero attached hydrogens (tertiary/aromatic N) is 2. The standard InChI is InChI=1S/C17H24N2O2/c1-4-6-10-19(5-2)12-15-13-21-17(18-15)14-8-7-9-16(11-14)20-3/h7-9,11,13H,4-6,10,12H2,1-3H3. The van der Waals surface area contributed by atoms with E-state index in [-0.39, 0.29) is 0 Å². The van der Waals surface area contributed by atoms with Crippen LogP contribution in [-0.2, 0) is 6.54 Å². The van der Waals surface area contributed by atoms with E-state index in [9.17, 15) is 0 Å². The van der Waals surface area contributed by atoms with Crippen molar-refractivity contribution in [2.24, 2.45) is 0 Å². The molecule has 0 radical (unpaired) electrons. The SMILES string of the molecule is CCCCN(CC)Cc1coc(-c2cccc(OC)c2)n1. The highest BCUT2D eigenvalue weighted by molar-refractivity contribution is 5.55. The summed E-state index contributed by atoms with van der Waals surface area (Å²) in [5.74, 6) is 1.46. The Morgan fingerprint density at radius 3 is 2.86 bits per heavy atom. The lowest BCUT2D eigenvalue weighted by Crippen LogP contribution is -2.24. The minimum Gasteiger partial charge on any atom is -0.497 e. The summed E-state index contributed by atoms with van der Waals surface area (Å²) < 4.78 is 10.8. The fraction of sp³-hybridized carbons (Fsp3) is 0.471. The summed E-state index contributed by atoms with van der Waals surface area (Å²) in [6.07, 6.45) is 4.18. The number of rotatable bonds is 8. The van der Waals surface area contributed by atoms with E-state index >= 15 is 0 Å². The quantitative estimate of drug-likeness (QED) is 0.736. The third-order valence-corrected chi connectivity index (χ3v) is 3.53. The van der Waals surface area contributed by atoms with Gasteiger partial charge in [-0.05, 0) is 37.7 Å². The van der Waals surface area contributed by atoms with Crippen molar-refractivity contribution in [3.63, 3.8) is 0 Å². The molecule has 0 unspecified atom stereocenters. The highest BCUT2D eigenvalue weighted by Gasteiger charge is 2.10. The van der Waals surface area contributed by atoms with Crippen LogP contribution >= 0.6 is 0 Å². The molecular formula is C17H24N2O2. The number of ether oxygens (including phenoxy) is 1. The first kappa shape index (κ1) is 15.6. The van der Waals surface area contributed by atoms with E-state index in [0.29, 0.717) is 5.89 Å².